The fourth-order valence-corrected chi connectivity index (χ4v) is 5.53. The lowest BCUT2D eigenvalue weighted by Gasteiger charge is -2.13. The molecule has 2 N–H and O–H groups in total. The molecule has 0 unspecified atom stereocenters. The van der Waals surface area contributed by atoms with Gasteiger partial charge in [-0.3, -0.25) is 0 Å². The Morgan fingerprint density at radius 2 is 0.881 bits per heavy atom. The molecule has 206 valence electrons. The lowest BCUT2D eigenvalue weighted by Crippen LogP contribution is -2.07. The van der Waals surface area contributed by atoms with Gasteiger partial charge in [-0.25, -0.2) is 9.97 Å². The number of rotatable bonds is 4. The molecule has 5 heterocycles. The van der Waals surface area contributed by atoms with Crippen LogP contribution >= 0.6 is 0 Å². The van der Waals surface area contributed by atoms with Gasteiger partial charge in [-0.1, -0.05) is 24.3 Å². The van der Waals surface area contributed by atoms with Crippen LogP contribution in [0.1, 0.15) is 22.8 Å². The fourth-order valence-electron chi connectivity index (χ4n) is 5.53. The minimum absolute atomic E-state index is 0.900. The van der Waals surface area contributed by atoms with Crippen LogP contribution < -0.4 is 9.80 Å². The highest BCUT2D eigenvalue weighted by atomic mass is 15.1. The third kappa shape index (κ3) is 4.77. The second kappa shape index (κ2) is 10.2. The molecular weight excluding hydrogens is 516 g/mol. The zero-order chi connectivity index (χ0) is 28.8. The Labute approximate surface area is 245 Å². The summed E-state index contributed by atoms with van der Waals surface area (Å²) < 4.78 is 0. The lowest BCUT2D eigenvalue weighted by molar-refractivity contribution is 1.13. The van der Waals surface area contributed by atoms with Crippen LogP contribution in [0, 0.1) is 0 Å². The van der Waals surface area contributed by atoms with Crippen molar-refractivity contribution in [3.05, 3.63) is 108 Å². The lowest BCUT2D eigenvalue weighted by atomic mass is 10.0. The second-order valence-corrected chi connectivity index (χ2v) is 11.1. The molecule has 0 saturated carbocycles. The van der Waals surface area contributed by atoms with Gasteiger partial charge in [0.2, 0.25) is 0 Å². The molecule has 5 aromatic rings. The molecule has 2 aromatic carbocycles. The van der Waals surface area contributed by atoms with Crippen LogP contribution in [-0.2, 0) is 0 Å². The Bertz CT molecular complexity index is 1870. The average molecular weight is 549 g/mol. The zero-order valence-corrected chi connectivity index (χ0v) is 24.2. The van der Waals surface area contributed by atoms with Crippen molar-refractivity contribution in [3.8, 4) is 22.3 Å². The summed E-state index contributed by atoms with van der Waals surface area (Å²) in [5, 5.41) is 0. The van der Waals surface area contributed by atoms with E-state index in [1.807, 2.05) is 0 Å². The Hall–Kier alpha value is -5.36. The van der Waals surface area contributed by atoms with Gasteiger partial charge in [0.15, 0.2) is 0 Å². The van der Waals surface area contributed by atoms with Crippen LogP contribution in [-0.4, -0.2) is 48.1 Å². The minimum Gasteiger partial charge on any atom is -0.378 e. The standard InChI is InChI=1S/C36H32N6/c1-41(2)29-13-5-23(6-14-29)35-31-17-9-25(37-31)21-27-11-19-33(39-27)36(24-7-15-30(16-8-24)42(3)4)34-20-12-28(40-34)22-26-10-18-32(35)38-26/h5-22,37,40H,1-4H3. The number of aromatic nitrogens is 4. The summed E-state index contributed by atoms with van der Waals surface area (Å²) in [5.41, 5.74) is 14.3. The summed E-state index contributed by atoms with van der Waals surface area (Å²) >= 11 is 0. The molecule has 0 fully saturated rings. The third-order valence-corrected chi connectivity index (χ3v) is 7.74. The van der Waals surface area contributed by atoms with Crippen LogP contribution in [0.4, 0.5) is 11.4 Å². The first-order valence-electron chi connectivity index (χ1n) is 14.1. The van der Waals surface area contributed by atoms with Gasteiger partial charge in [-0.2, -0.15) is 0 Å². The van der Waals surface area contributed by atoms with Gasteiger partial charge in [0.05, 0.1) is 22.8 Å². The van der Waals surface area contributed by atoms with Gasteiger partial charge in [0.1, 0.15) is 0 Å². The smallest absolute Gasteiger partial charge is 0.0736 e. The van der Waals surface area contributed by atoms with Crippen LogP contribution in [0.3, 0.4) is 0 Å². The molecule has 0 aliphatic carbocycles. The third-order valence-electron chi connectivity index (χ3n) is 7.74. The number of benzene rings is 2. The van der Waals surface area contributed by atoms with E-state index in [4.69, 9.17) is 9.97 Å². The van der Waals surface area contributed by atoms with Crippen LogP contribution in [0.5, 0.6) is 0 Å². The van der Waals surface area contributed by atoms with E-state index in [0.717, 1.165) is 78.5 Å². The van der Waals surface area contributed by atoms with Crippen molar-refractivity contribution >= 4 is 57.7 Å². The number of hydrogen-bond donors (Lipinski definition) is 2. The van der Waals surface area contributed by atoms with E-state index >= 15 is 0 Å². The summed E-state index contributed by atoms with van der Waals surface area (Å²) in [4.78, 5) is 21.6. The van der Waals surface area contributed by atoms with E-state index in [-0.39, 0.29) is 0 Å². The quantitative estimate of drug-likeness (QED) is 0.233. The average Bonchev–Trinajstić information content (AvgIpc) is 3.80. The van der Waals surface area contributed by atoms with E-state index in [1.54, 1.807) is 0 Å². The number of hydrogen-bond acceptors (Lipinski definition) is 4. The molecule has 0 saturated heterocycles. The van der Waals surface area contributed by atoms with Gasteiger partial charge in [-0.05, 0) is 96.1 Å². The normalized spacial score (nSPS) is 12.1. The molecule has 2 aliphatic rings. The van der Waals surface area contributed by atoms with E-state index in [9.17, 15) is 0 Å². The maximum atomic E-state index is 5.06. The van der Waals surface area contributed by atoms with E-state index in [1.165, 1.54) is 0 Å². The molecule has 0 amide bonds. The molecule has 3 aromatic heterocycles. The highest BCUT2D eigenvalue weighted by Crippen LogP contribution is 2.33. The predicted octanol–water partition coefficient (Wildman–Crippen LogP) is 8.12. The molecule has 2 aliphatic heterocycles. The van der Waals surface area contributed by atoms with Gasteiger partial charge in [0.25, 0.3) is 0 Å². The molecule has 8 bridgehead atoms. The van der Waals surface area contributed by atoms with Gasteiger partial charge < -0.3 is 19.8 Å². The number of nitrogens with zero attached hydrogens (tertiary/aromatic N) is 4. The van der Waals surface area contributed by atoms with Gasteiger partial charge >= 0.3 is 0 Å². The number of H-pyrrole nitrogens is 2. The molecule has 6 heteroatoms. The summed E-state index contributed by atoms with van der Waals surface area (Å²) in [6.07, 6.45) is 8.35. The first kappa shape index (κ1) is 25.6. The van der Waals surface area contributed by atoms with E-state index in [0.29, 0.717) is 0 Å². The number of fused-ring (bicyclic) bond motifs is 8. The molecule has 0 atom stereocenters. The fraction of sp³-hybridized carbons (Fsp3) is 0.111. The molecule has 0 radical (unpaired) electrons. The van der Waals surface area contributed by atoms with Crippen molar-refractivity contribution in [1.29, 1.82) is 0 Å². The maximum absolute atomic E-state index is 5.06. The Balaban J connectivity index is 1.49. The van der Waals surface area contributed by atoms with Crippen molar-refractivity contribution < 1.29 is 0 Å². The summed E-state index contributed by atoms with van der Waals surface area (Å²) in [6.45, 7) is 0. The molecular formula is C36H32N6. The highest BCUT2D eigenvalue weighted by molar-refractivity contribution is 5.93. The molecule has 7 rings (SSSR count). The van der Waals surface area contributed by atoms with E-state index in [2.05, 4.69) is 157 Å². The molecule has 42 heavy (non-hydrogen) atoms. The summed E-state index contributed by atoms with van der Waals surface area (Å²) in [7, 11) is 8.22. The maximum Gasteiger partial charge on any atom is 0.0736 e. The SMILES string of the molecule is CN(C)c1ccc(-c2c3nc(cc4ccc([nH]4)c(-c4ccc(N(C)C)cc4)c4nc(cc5ccc2[nH]5)C=C4)C=C3)cc1. The van der Waals surface area contributed by atoms with Crippen LogP contribution in [0.25, 0.3) is 68.6 Å². The first-order valence-corrected chi connectivity index (χ1v) is 14.1. The largest absolute Gasteiger partial charge is 0.378 e. The van der Waals surface area contributed by atoms with Crippen molar-refractivity contribution in [1.82, 2.24) is 19.9 Å². The van der Waals surface area contributed by atoms with Crippen molar-refractivity contribution in [2.24, 2.45) is 0 Å². The highest BCUT2D eigenvalue weighted by Gasteiger charge is 2.13. The number of anilines is 2. The Morgan fingerprint density at radius 1 is 0.476 bits per heavy atom. The number of aromatic amines is 2. The Morgan fingerprint density at radius 3 is 1.26 bits per heavy atom. The summed E-state index contributed by atoms with van der Waals surface area (Å²) in [6, 6.07) is 29.9. The Kier molecular flexibility index (Phi) is 6.24. The zero-order valence-electron chi connectivity index (χ0n) is 24.2. The summed E-state index contributed by atoms with van der Waals surface area (Å²) in [5.74, 6) is 0. The minimum atomic E-state index is 0.900. The predicted molar refractivity (Wildman–Crippen MR) is 178 cm³/mol. The number of nitrogens with one attached hydrogen (secondary N) is 2. The van der Waals surface area contributed by atoms with Crippen molar-refractivity contribution in [2.75, 3.05) is 38.0 Å². The monoisotopic (exact) mass is 548 g/mol. The van der Waals surface area contributed by atoms with Crippen molar-refractivity contribution in [2.45, 2.75) is 0 Å². The van der Waals surface area contributed by atoms with Crippen LogP contribution in [0.2, 0.25) is 0 Å². The van der Waals surface area contributed by atoms with Crippen molar-refractivity contribution in [3.63, 3.8) is 0 Å². The van der Waals surface area contributed by atoms with Gasteiger partial charge in [-0.15, -0.1) is 0 Å². The molecule has 6 nitrogen and oxygen atoms in total. The second-order valence-electron chi connectivity index (χ2n) is 11.1. The van der Waals surface area contributed by atoms with Crippen LogP contribution in [0.15, 0.2) is 84.9 Å². The topological polar surface area (TPSA) is 63.8 Å². The first-order chi connectivity index (χ1) is 20.4. The molecule has 0 spiro atoms. The van der Waals surface area contributed by atoms with Gasteiger partial charge in [0, 0.05) is 72.8 Å². The van der Waals surface area contributed by atoms with E-state index < -0.39 is 0 Å².